The predicted molar refractivity (Wildman–Crippen MR) is 102 cm³/mol. The van der Waals surface area contributed by atoms with Gasteiger partial charge in [-0.25, -0.2) is 8.91 Å². The number of halogens is 1. The Balaban J connectivity index is 1.52. The monoisotopic (exact) mass is 382 g/mol. The van der Waals surface area contributed by atoms with E-state index in [4.69, 9.17) is 4.74 Å². The molecule has 0 saturated heterocycles. The maximum Gasteiger partial charge on any atom is 0.250 e. The number of nitrogens with zero attached hydrogens (tertiary/aromatic N) is 3. The summed E-state index contributed by atoms with van der Waals surface area (Å²) in [4.78, 5) is 17.2. The molecule has 8 heteroatoms. The molecule has 0 spiro atoms. The normalized spacial score (nSPS) is 10.9. The summed E-state index contributed by atoms with van der Waals surface area (Å²) in [6.07, 6.45) is 0.123. The second-order valence-electron chi connectivity index (χ2n) is 5.83. The summed E-state index contributed by atoms with van der Waals surface area (Å²) in [6.45, 7) is 0. The molecule has 2 aromatic heterocycles. The highest BCUT2D eigenvalue weighted by Crippen LogP contribution is 2.27. The van der Waals surface area contributed by atoms with E-state index in [1.807, 2.05) is 29.6 Å². The lowest BCUT2D eigenvalue weighted by Gasteiger charge is -2.02. The molecule has 6 nitrogen and oxygen atoms in total. The Kier molecular flexibility index (Phi) is 4.55. The molecule has 0 fully saturated rings. The van der Waals surface area contributed by atoms with E-state index in [-0.39, 0.29) is 24.1 Å². The lowest BCUT2D eigenvalue weighted by molar-refractivity contribution is -0.115. The number of anilines is 1. The first-order valence-corrected chi connectivity index (χ1v) is 9.03. The zero-order valence-corrected chi connectivity index (χ0v) is 15.2. The molecule has 1 amide bonds. The van der Waals surface area contributed by atoms with Crippen molar-refractivity contribution < 1.29 is 13.9 Å². The van der Waals surface area contributed by atoms with Crippen molar-refractivity contribution in [2.45, 2.75) is 6.42 Å². The molecule has 0 bridgehead atoms. The van der Waals surface area contributed by atoms with Gasteiger partial charge in [-0.15, -0.1) is 16.4 Å². The number of aromatic nitrogens is 3. The van der Waals surface area contributed by atoms with Gasteiger partial charge in [0, 0.05) is 10.9 Å². The average molecular weight is 382 g/mol. The Labute approximate surface area is 158 Å². The number of carbonyl (C=O) groups excluding carboxylic acids is 1. The van der Waals surface area contributed by atoms with Crippen LogP contribution < -0.4 is 10.1 Å². The van der Waals surface area contributed by atoms with Gasteiger partial charge in [-0.1, -0.05) is 12.1 Å². The van der Waals surface area contributed by atoms with Crippen LogP contribution in [0.5, 0.6) is 5.75 Å². The summed E-state index contributed by atoms with van der Waals surface area (Å²) in [5.74, 6) is 0.424. The molecule has 0 atom stereocenters. The van der Waals surface area contributed by atoms with Gasteiger partial charge in [0.05, 0.1) is 19.2 Å². The van der Waals surface area contributed by atoms with Gasteiger partial charge >= 0.3 is 0 Å². The molecule has 0 saturated carbocycles. The Hall–Kier alpha value is -3.26. The lowest BCUT2D eigenvalue weighted by Crippen LogP contribution is -2.15. The lowest BCUT2D eigenvalue weighted by atomic mass is 10.1. The van der Waals surface area contributed by atoms with Crippen molar-refractivity contribution in [1.29, 1.82) is 0 Å². The number of benzene rings is 2. The number of amides is 1. The molecule has 1 N–H and O–H groups in total. The van der Waals surface area contributed by atoms with Crippen molar-refractivity contribution in [2.24, 2.45) is 0 Å². The molecule has 2 heterocycles. The Morgan fingerprint density at radius 2 is 1.93 bits per heavy atom. The molecule has 0 aliphatic heterocycles. The van der Waals surface area contributed by atoms with Crippen molar-refractivity contribution in [3.63, 3.8) is 0 Å². The Morgan fingerprint density at radius 3 is 2.63 bits per heavy atom. The fraction of sp³-hybridized carbons (Fsp3) is 0.105. The number of nitrogens with one attached hydrogen (secondary N) is 1. The second-order valence-corrected chi connectivity index (χ2v) is 6.67. The van der Waals surface area contributed by atoms with Crippen molar-refractivity contribution in [1.82, 2.24) is 14.6 Å². The minimum Gasteiger partial charge on any atom is -0.497 e. The van der Waals surface area contributed by atoms with Crippen molar-refractivity contribution in [2.75, 3.05) is 12.4 Å². The number of thiazole rings is 1. The van der Waals surface area contributed by atoms with Crippen LogP contribution >= 0.6 is 11.3 Å². The van der Waals surface area contributed by atoms with Gasteiger partial charge in [0.15, 0.2) is 0 Å². The smallest absolute Gasteiger partial charge is 0.250 e. The van der Waals surface area contributed by atoms with Gasteiger partial charge in [0.25, 0.3) is 0 Å². The number of carbonyl (C=O) groups is 1. The predicted octanol–water partition coefficient (Wildman–Crippen LogP) is 3.79. The summed E-state index contributed by atoms with van der Waals surface area (Å²) in [7, 11) is 1.62. The number of methoxy groups -OCH3 is 1. The van der Waals surface area contributed by atoms with E-state index in [0.29, 0.717) is 10.5 Å². The standard InChI is InChI=1S/C19H15FN4O2S/c1-26-15-8-4-13(5-9-15)16-11-27-19-22-18(23-24(16)19)21-17(25)10-12-2-6-14(20)7-3-12/h2-9,11H,10H2,1H3,(H,21,23,25). The van der Waals surface area contributed by atoms with Crippen LogP contribution in [0.15, 0.2) is 53.9 Å². The molecule has 27 heavy (non-hydrogen) atoms. The van der Waals surface area contributed by atoms with E-state index in [2.05, 4.69) is 15.4 Å². The fourth-order valence-electron chi connectivity index (χ4n) is 2.65. The molecule has 0 unspecified atom stereocenters. The summed E-state index contributed by atoms with van der Waals surface area (Å²) in [6, 6.07) is 13.4. The van der Waals surface area contributed by atoms with E-state index in [9.17, 15) is 9.18 Å². The van der Waals surface area contributed by atoms with Gasteiger partial charge in [0.1, 0.15) is 11.6 Å². The molecular weight excluding hydrogens is 367 g/mol. The van der Waals surface area contributed by atoms with Crippen LogP contribution in [0.1, 0.15) is 5.56 Å². The molecule has 0 radical (unpaired) electrons. The van der Waals surface area contributed by atoms with Crippen LogP contribution in [0.3, 0.4) is 0 Å². The second kappa shape index (κ2) is 7.16. The zero-order valence-electron chi connectivity index (χ0n) is 14.3. The average Bonchev–Trinajstić information content (AvgIpc) is 3.24. The number of hydrogen-bond donors (Lipinski definition) is 1. The summed E-state index contributed by atoms with van der Waals surface area (Å²) >= 11 is 1.44. The molecule has 0 aliphatic carbocycles. The zero-order chi connectivity index (χ0) is 18.8. The molecule has 2 aromatic carbocycles. The highest BCUT2D eigenvalue weighted by molar-refractivity contribution is 7.15. The first-order chi connectivity index (χ1) is 13.1. The largest absolute Gasteiger partial charge is 0.497 e. The van der Waals surface area contributed by atoms with Gasteiger partial charge in [-0.2, -0.15) is 4.98 Å². The topological polar surface area (TPSA) is 68.5 Å². The van der Waals surface area contributed by atoms with E-state index in [0.717, 1.165) is 17.0 Å². The summed E-state index contributed by atoms with van der Waals surface area (Å²) < 4.78 is 19.8. The van der Waals surface area contributed by atoms with Crippen LogP contribution in [-0.4, -0.2) is 27.6 Å². The van der Waals surface area contributed by atoms with E-state index in [1.54, 1.807) is 23.8 Å². The van der Waals surface area contributed by atoms with Crippen LogP contribution in [0, 0.1) is 5.82 Å². The van der Waals surface area contributed by atoms with Crippen LogP contribution in [-0.2, 0) is 11.2 Å². The minimum atomic E-state index is -0.332. The number of fused-ring (bicyclic) bond motifs is 1. The third-order valence-electron chi connectivity index (χ3n) is 4.00. The first-order valence-electron chi connectivity index (χ1n) is 8.15. The fourth-order valence-corrected chi connectivity index (χ4v) is 3.48. The van der Waals surface area contributed by atoms with Gasteiger partial charge in [-0.05, 0) is 42.0 Å². The minimum absolute atomic E-state index is 0.123. The summed E-state index contributed by atoms with van der Waals surface area (Å²) in [5, 5.41) is 9.03. The molecule has 0 aliphatic rings. The highest BCUT2D eigenvalue weighted by atomic mass is 32.1. The van der Waals surface area contributed by atoms with E-state index in [1.165, 1.54) is 23.5 Å². The maximum atomic E-state index is 12.9. The molecule has 4 rings (SSSR count). The summed E-state index contributed by atoms with van der Waals surface area (Å²) in [5.41, 5.74) is 2.56. The highest BCUT2D eigenvalue weighted by Gasteiger charge is 2.14. The third-order valence-corrected chi connectivity index (χ3v) is 4.81. The Bertz CT molecular complexity index is 1090. The van der Waals surface area contributed by atoms with Gasteiger partial charge < -0.3 is 4.74 Å². The van der Waals surface area contributed by atoms with E-state index >= 15 is 0 Å². The molecular formula is C19H15FN4O2S. The van der Waals surface area contributed by atoms with Crippen LogP contribution in [0.25, 0.3) is 16.2 Å². The van der Waals surface area contributed by atoms with Crippen LogP contribution in [0.2, 0.25) is 0 Å². The molecule has 4 aromatic rings. The quantitative estimate of drug-likeness (QED) is 0.570. The Morgan fingerprint density at radius 1 is 1.19 bits per heavy atom. The van der Waals surface area contributed by atoms with Crippen molar-refractivity contribution in [3.8, 4) is 17.0 Å². The van der Waals surface area contributed by atoms with Crippen LogP contribution in [0.4, 0.5) is 10.3 Å². The number of ether oxygens (including phenoxy) is 1. The third kappa shape index (κ3) is 3.65. The number of hydrogen-bond acceptors (Lipinski definition) is 5. The van der Waals surface area contributed by atoms with E-state index < -0.39 is 0 Å². The SMILES string of the molecule is COc1ccc(-c2csc3nc(NC(=O)Cc4ccc(F)cc4)nn23)cc1. The molecule has 136 valence electrons. The number of rotatable bonds is 5. The van der Waals surface area contributed by atoms with Gasteiger partial charge in [0.2, 0.25) is 16.8 Å². The van der Waals surface area contributed by atoms with Gasteiger partial charge in [-0.3, -0.25) is 10.1 Å². The van der Waals surface area contributed by atoms with Crippen molar-refractivity contribution >= 4 is 28.2 Å². The van der Waals surface area contributed by atoms with Crippen molar-refractivity contribution in [3.05, 3.63) is 65.3 Å². The maximum absolute atomic E-state index is 12.9. The first kappa shape index (κ1) is 17.2.